The van der Waals surface area contributed by atoms with Gasteiger partial charge in [0.05, 0.1) is 21.1 Å². The fraction of sp³-hybridized carbons (Fsp3) is 0.344. The van der Waals surface area contributed by atoms with E-state index in [2.05, 4.69) is 50.6 Å². The molecular formula is C32H36Br2N2O2. The highest BCUT2D eigenvalue weighted by Gasteiger charge is 2.24. The van der Waals surface area contributed by atoms with E-state index in [0.29, 0.717) is 17.9 Å². The zero-order valence-corrected chi connectivity index (χ0v) is 25.4. The molecule has 0 aliphatic heterocycles. The van der Waals surface area contributed by atoms with Crippen LogP contribution in [0.2, 0.25) is 0 Å². The van der Waals surface area contributed by atoms with Crippen LogP contribution in [0.3, 0.4) is 0 Å². The van der Waals surface area contributed by atoms with Gasteiger partial charge in [0, 0.05) is 23.9 Å². The first-order chi connectivity index (χ1) is 18.5. The Kier molecular flexibility index (Phi) is 10.6. The number of aromatic nitrogens is 1. The van der Waals surface area contributed by atoms with Crippen molar-refractivity contribution in [2.24, 2.45) is 0 Å². The molecule has 6 heteroatoms. The molecule has 0 saturated heterocycles. The normalized spacial score (nSPS) is 11.4. The SMILES string of the molecule is CCCCN(CCCC)CCCOc1ccc(C(=O)c2c(-c3ccccc3)c(Br)c3ccccn23)cc1Br. The number of ketones is 1. The van der Waals surface area contributed by atoms with Crippen LogP contribution >= 0.6 is 31.9 Å². The van der Waals surface area contributed by atoms with E-state index in [-0.39, 0.29) is 5.78 Å². The molecule has 2 aromatic carbocycles. The van der Waals surface area contributed by atoms with Crippen molar-refractivity contribution in [3.05, 3.63) is 93.1 Å². The zero-order chi connectivity index (χ0) is 26.9. The summed E-state index contributed by atoms with van der Waals surface area (Å²) in [5, 5.41) is 0. The number of nitrogens with zero attached hydrogens (tertiary/aromatic N) is 2. The van der Waals surface area contributed by atoms with E-state index in [4.69, 9.17) is 4.74 Å². The second kappa shape index (κ2) is 14.1. The van der Waals surface area contributed by atoms with Crippen LogP contribution in [0, 0.1) is 0 Å². The topological polar surface area (TPSA) is 34.0 Å². The Labute approximate surface area is 243 Å². The van der Waals surface area contributed by atoms with E-state index in [0.717, 1.165) is 57.4 Å². The number of unbranched alkanes of at least 4 members (excludes halogenated alkanes) is 2. The smallest absolute Gasteiger partial charge is 0.210 e. The number of hydrogen-bond donors (Lipinski definition) is 0. The van der Waals surface area contributed by atoms with Crippen molar-refractivity contribution >= 4 is 43.2 Å². The number of ether oxygens (including phenoxy) is 1. The second-order valence-electron chi connectivity index (χ2n) is 9.58. The monoisotopic (exact) mass is 638 g/mol. The van der Waals surface area contributed by atoms with Gasteiger partial charge in [0.1, 0.15) is 11.4 Å². The summed E-state index contributed by atoms with van der Waals surface area (Å²) in [6.45, 7) is 8.50. The van der Waals surface area contributed by atoms with Crippen molar-refractivity contribution < 1.29 is 9.53 Å². The van der Waals surface area contributed by atoms with Crippen LogP contribution in [0.1, 0.15) is 62.0 Å². The van der Waals surface area contributed by atoms with Crippen molar-refractivity contribution in [3.63, 3.8) is 0 Å². The number of benzene rings is 2. The van der Waals surface area contributed by atoms with E-state index in [1.54, 1.807) is 0 Å². The standard InChI is InChI=1S/C32H36Br2N2O2/c1-3-5-18-35(19-6-4-2)20-12-22-38-28-17-16-25(23-26(28)33)32(37)31-29(24-13-8-7-9-14-24)30(34)27-15-10-11-21-36(27)31/h7-11,13-17,21,23H,3-6,12,18-20,22H2,1-2H3. The van der Waals surface area contributed by atoms with Crippen LogP contribution in [0.4, 0.5) is 0 Å². The second-order valence-corrected chi connectivity index (χ2v) is 11.2. The molecule has 4 rings (SSSR count). The predicted molar refractivity (Wildman–Crippen MR) is 164 cm³/mol. The average Bonchev–Trinajstić information content (AvgIpc) is 3.25. The number of hydrogen-bond acceptors (Lipinski definition) is 3. The highest BCUT2D eigenvalue weighted by molar-refractivity contribution is 9.11. The maximum absolute atomic E-state index is 13.9. The molecule has 0 bridgehead atoms. The number of rotatable bonds is 14. The average molecular weight is 640 g/mol. The Bertz CT molecular complexity index is 1340. The number of carbonyl (C=O) groups is 1. The third-order valence-corrected chi connectivity index (χ3v) is 8.21. The molecule has 4 aromatic rings. The minimum Gasteiger partial charge on any atom is -0.492 e. The van der Waals surface area contributed by atoms with Gasteiger partial charge >= 0.3 is 0 Å². The molecule has 0 atom stereocenters. The van der Waals surface area contributed by atoms with Gasteiger partial charge in [-0.25, -0.2) is 0 Å². The molecule has 0 spiro atoms. The molecule has 0 amide bonds. The molecule has 38 heavy (non-hydrogen) atoms. The van der Waals surface area contributed by atoms with E-state index in [1.807, 2.05) is 77.3 Å². The summed E-state index contributed by atoms with van der Waals surface area (Å²) in [6.07, 6.45) is 7.85. The first kappa shape index (κ1) is 28.6. The molecule has 2 heterocycles. The Hall–Kier alpha value is -2.41. The van der Waals surface area contributed by atoms with E-state index in [9.17, 15) is 4.79 Å². The van der Waals surface area contributed by atoms with Gasteiger partial charge in [-0.2, -0.15) is 0 Å². The summed E-state index contributed by atoms with van der Waals surface area (Å²) in [4.78, 5) is 16.5. The maximum atomic E-state index is 13.9. The van der Waals surface area contributed by atoms with Crippen LogP contribution in [0.25, 0.3) is 16.6 Å². The summed E-state index contributed by atoms with van der Waals surface area (Å²) >= 11 is 7.43. The minimum absolute atomic E-state index is 0.0366. The first-order valence-corrected chi connectivity index (χ1v) is 15.2. The summed E-state index contributed by atoms with van der Waals surface area (Å²) in [6, 6.07) is 21.6. The molecular weight excluding hydrogens is 604 g/mol. The van der Waals surface area contributed by atoms with Crippen molar-refractivity contribution in [1.29, 1.82) is 0 Å². The number of halogens is 2. The van der Waals surface area contributed by atoms with E-state index < -0.39 is 0 Å². The number of fused-ring (bicyclic) bond motifs is 1. The Morgan fingerprint density at radius 1 is 0.868 bits per heavy atom. The Morgan fingerprint density at radius 2 is 1.55 bits per heavy atom. The van der Waals surface area contributed by atoms with E-state index in [1.165, 1.54) is 25.7 Å². The van der Waals surface area contributed by atoms with Crippen LogP contribution in [-0.4, -0.2) is 41.3 Å². The van der Waals surface area contributed by atoms with Crippen molar-refractivity contribution in [3.8, 4) is 16.9 Å². The molecule has 0 N–H and O–H groups in total. The van der Waals surface area contributed by atoms with Gasteiger partial charge in [0.2, 0.25) is 5.78 Å². The zero-order valence-electron chi connectivity index (χ0n) is 22.3. The van der Waals surface area contributed by atoms with Crippen LogP contribution in [0.5, 0.6) is 5.75 Å². The third-order valence-electron chi connectivity index (χ3n) is 6.79. The Morgan fingerprint density at radius 3 is 2.24 bits per heavy atom. The van der Waals surface area contributed by atoms with Crippen molar-refractivity contribution in [2.45, 2.75) is 46.0 Å². The van der Waals surface area contributed by atoms with Crippen LogP contribution in [-0.2, 0) is 0 Å². The maximum Gasteiger partial charge on any atom is 0.210 e. The molecule has 0 aliphatic rings. The van der Waals surface area contributed by atoms with Crippen molar-refractivity contribution in [1.82, 2.24) is 9.30 Å². The fourth-order valence-electron chi connectivity index (χ4n) is 4.73. The summed E-state index contributed by atoms with van der Waals surface area (Å²) in [5.41, 5.74) is 4.10. The molecule has 4 nitrogen and oxygen atoms in total. The lowest BCUT2D eigenvalue weighted by Crippen LogP contribution is -2.28. The van der Waals surface area contributed by atoms with Gasteiger partial charge in [-0.1, -0.05) is 63.1 Å². The highest BCUT2D eigenvalue weighted by Crippen LogP contribution is 2.39. The fourth-order valence-corrected chi connectivity index (χ4v) is 5.96. The number of carbonyl (C=O) groups excluding carboxylic acids is 1. The summed E-state index contributed by atoms with van der Waals surface area (Å²) in [5.74, 6) is 0.727. The molecule has 0 fully saturated rings. The van der Waals surface area contributed by atoms with Crippen molar-refractivity contribution in [2.75, 3.05) is 26.2 Å². The Balaban J connectivity index is 1.50. The molecule has 0 unspecified atom stereocenters. The largest absolute Gasteiger partial charge is 0.492 e. The lowest BCUT2D eigenvalue weighted by molar-refractivity contribution is 0.103. The molecule has 200 valence electrons. The quantitative estimate of drug-likeness (QED) is 0.102. The number of pyridine rings is 1. The molecule has 0 saturated carbocycles. The molecule has 0 radical (unpaired) electrons. The van der Waals surface area contributed by atoms with Gasteiger partial charge in [0.15, 0.2) is 0 Å². The third kappa shape index (κ3) is 6.77. The lowest BCUT2D eigenvalue weighted by atomic mass is 10.00. The van der Waals surface area contributed by atoms with Gasteiger partial charge in [-0.3, -0.25) is 4.79 Å². The van der Waals surface area contributed by atoms with Gasteiger partial charge < -0.3 is 14.0 Å². The summed E-state index contributed by atoms with van der Waals surface area (Å²) < 4.78 is 9.78. The van der Waals surface area contributed by atoms with Gasteiger partial charge in [0.25, 0.3) is 0 Å². The molecule has 2 aromatic heterocycles. The predicted octanol–water partition coefficient (Wildman–Crippen LogP) is 9.03. The minimum atomic E-state index is -0.0366. The van der Waals surface area contributed by atoms with Crippen LogP contribution < -0.4 is 4.74 Å². The van der Waals surface area contributed by atoms with Gasteiger partial charge in [-0.05, 0) is 100 Å². The lowest BCUT2D eigenvalue weighted by Gasteiger charge is -2.22. The van der Waals surface area contributed by atoms with Gasteiger partial charge in [-0.15, -0.1) is 0 Å². The van der Waals surface area contributed by atoms with E-state index >= 15 is 0 Å². The summed E-state index contributed by atoms with van der Waals surface area (Å²) in [7, 11) is 0. The highest BCUT2D eigenvalue weighted by atomic mass is 79.9. The van der Waals surface area contributed by atoms with Crippen LogP contribution in [0.15, 0.2) is 81.9 Å². The first-order valence-electron chi connectivity index (χ1n) is 13.6. The molecule has 0 aliphatic carbocycles.